The van der Waals surface area contributed by atoms with Gasteiger partial charge in [-0.3, -0.25) is 4.79 Å². The maximum atomic E-state index is 12.2. The van der Waals surface area contributed by atoms with Crippen molar-refractivity contribution >= 4 is 11.9 Å². The van der Waals surface area contributed by atoms with Gasteiger partial charge in [0.25, 0.3) is 0 Å². The first-order chi connectivity index (χ1) is 14.4. The van der Waals surface area contributed by atoms with Crippen LogP contribution in [0.3, 0.4) is 0 Å². The van der Waals surface area contributed by atoms with Crippen molar-refractivity contribution in [2.45, 2.75) is 6.42 Å². The van der Waals surface area contributed by atoms with E-state index >= 15 is 0 Å². The first-order valence-corrected chi connectivity index (χ1v) is 8.80. The normalized spacial score (nSPS) is 10.2. The molecule has 0 fully saturated rings. The van der Waals surface area contributed by atoms with Gasteiger partial charge in [0.15, 0.2) is 29.8 Å². The Morgan fingerprint density at radius 1 is 0.800 bits per heavy atom. The van der Waals surface area contributed by atoms with Gasteiger partial charge in [-0.25, -0.2) is 4.79 Å². The zero-order chi connectivity index (χ0) is 22.3. The van der Waals surface area contributed by atoms with Gasteiger partial charge >= 0.3 is 11.9 Å². The van der Waals surface area contributed by atoms with Crippen molar-refractivity contribution < 1.29 is 43.1 Å². The average molecular weight is 420 g/mol. The monoisotopic (exact) mass is 420 g/mol. The smallest absolute Gasteiger partial charge is 0.340 e. The molecule has 0 bridgehead atoms. The number of aliphatic hydroxyl groups excluding tert-OH is 1. The summed E-state index contributed by atoms with van der Waals surface area (Å²) >= 11 is 0. The van der Waals surface area contributed by atoms with Crippen LogP contribution >= 0.6 is 0 Å². The van der Waals surface area contributed by atoms with E-state index in [4.69, 9.17) is 28.8 Å². The van der Waals surface area contributed by atoms with Crippen molar-refractivity contribution in [2.24, 2.45) is 0 Å². The number of hydrogen-bond donors (Lipinski definition) is 1. The number of carbonyl (C=O) groups is 2. The summed E-state index contributed by atoms with van der Waals surface area (Å²) < 4.78 is 31.3. The van der Waals surface area contributed by atoms with Gasteiger partial charge in [-0.15, -0.1) is 0 Å². The molecule has 162 valence electrons. The zero-order valence-corrected chi connectivity index (χ0v) is 17.4. The van der Waals surface area contributed by atoms with Crippen LogP contribution in [0.2, 0.25) is 0 Å². The first kappa shape index (κ1) is 22.8. The number of methoxy groups -OCH3 is 5. The molecule has 30 heavy (non-hydrogen) atoms. The fourth-order valence-electron chi connectivity index (χ4n) is 2.99. The highest BCUT2D eigenvalue weighted by Crippen LogP contribution is 2.46. The van der Waals surface area contributed by atoms with Gasteiger partial charge in [-0.05, 0) is 29.8 Å². The molecule has 0 aromatic heterocycles. The number of hydrogen-bond acceptors (Lipinski definition) is 9. The van der Waals surface area contributed by atoms with Crippen molar-refractivity contribution in [1.82, 2.24) is 0 Å². The minimum Gasteiger partial charge on any atom is -0.493 e. The number of ether oxygens (including phenoxy) is 6. The van der Waals surface area contributed by atoms with E-state index in [0.29, 0.717) is 33.9 Å². The van der Waals surface area contributed by atoms with E-state index in [1.807, 2.05) is 0 Å². The summed E-state index contributed by atoms with van der Waals surface area (Å²) in [6.45, 7) is -0.770. The van der Waals surface area contributed by atoms with E-state index in [-0.39, 0.29) is 17.7 Å². The van der Waals surface area contributed by atoms with E-state index in [2.05, 4.69) is 4.74 Å². The number of esters is 2. The molecule has 0 aliphatic heterocycles. The Labute approximate surface area is 174 Å². The molecule has 2 aromatic carbocycles. The molecule has 0 saturated carbocycles. The molecule has 0 aliphatic rings. The lowest BCUT2D eigenvalue weighted by atomic mass is 9.96. The first-order valence-electron chi connectivity index (χ1n) is 8.80. The van der Waals surface area contributed by atoms with E-state index in [9.17, 15) is 9.59 Å². The molecule has 0 aliphatic carbocycles. The Morgan fingerprint density at radius 2 is 1.37 bits per heavy atom. The van der Waals surface area contributed by atoms with Crippen LogP contribution in [-0.4, -0.2) is 59.4 Å². The second kappa shape index (κ2) is 10.4. The maximum absolute atomic E-state index is 12.2. The highest BCUT2D eigenvalue weighted by molar-refractivity contribution is 5.94. The van der Waals surface area contributed by atoms with Gasteiger partial charge < -0.3 is 33.5 Å². The molecule has 0 spiro atoms. The van der Waals surface area contributed by atoms with Crippen LogP contribution in [0.1, 0.15) is 15.9 Å². The molecular weight excluding hydrogens is 396 g/mol. The summed E-state index contributed by atoms with van der Waals surface area (Å²) in [5, 5.41) is 8.93. The Hall–Kier alpha value is -3.46. The summed E-state index contributed by atoms with van der Waals surface area (Å²) in [7, 11) is 7.11. The fourth-order valence-corrected chi connectivity index (χ4v) is 2.99. The summed E-state index contributed by atoms with van der Waals surface area (Å²) in [6, 6.07) is 6.31. The van der Waals surface area contributed by atoms with Crippen LogP contribution in [0.15, 0.2) is 24.3 Å². The van der Waals surface area contributed by atoms with Crippen LogP contribution in [0, 0.1) is 0 Å². The van der Waals surface area contributed by atoms with Crippen LogP contribution in [0.25, 0.3) is 11.1 Å². The molecule has 0 radical (unpaired) electrons. The summed E-state index contributed by atoms with van der Waals surface area (Å²) in [6.07, 6.45) is -0.00442. The lowest BCUT2D eigenvalue weighted by Gasteiger charge is -2.19. The van der Waals surface area contributed by atoms with E-state index < -0.39 is 18.7 Å². The summed E-state index contributed by atoms with van der Waals surface area (Å²) in [5.74, 6) is 0.139. The standard InChI is InChI=1S/C21H24O9/c1-25-16-7-12(8-18(23)27-3)6-14(19(16)28-4)15-9-13(21(24)30-11-22)10-17(26-2)20(15)29-5/h6-7,9-10,22H,8,11H2,1-5H3. The highest BCUT2D eigenvalue weighted by atomic mass is 16.6. The molecule has 9 nitrogen and oxygen atoms in total. The predicted molar refractivity (Wildman–Crippen MR) is 106 cm³/mol. The molecule has 0 saturated heterocycles. The van der Waals surface area contributed by atoms with Crippen LogP contribution in [-0.2, 0) is 20.7 Å². The molecule has 9 heteroatoms. The molecule has 2 rings (SSSR count). The molecule has 1 N–H and O–H groups in total. The van der Waals surface area contributed by atoms with Gasteiger partial charge in [-0.1, -0.05) is 0 Å². The molecule has 0 atom stereocenters. The van der Waals surface area contributed by atoms with Crippen molar-refractivity contribution in [1.29, 1.82) is 0 Å². The fraction of sp³-hybridized carbons (Fsp3) is 0.333. The minimum absolute atomic E-state index is 0.00442. The van der Waals surface area contributed by atoms with Crippen LogP contribution in [0.4, 0.5) is 0 Å². The Balaban J connectivity index is 2.82. The molecule has 0 unspecified atom stereocenters. The summed E-state index contributed by atoms with van der Waals surface area (Å²) in [5.41, 5.74) is 1.64. The second-order valence-corrected chi connectivity index (χ2v) is 5.95. The summed E-state index contributed by atoms with van der Waals surface area (Å²) in [4.78, 5) is 24.0. The Bertz CT molecular complexity index is 921. The van der Waals surface area contributed by atoms with E-state index in [0.717, 1.165) is 0 Å². The lowest BCUT2D eigenvalue weighted by Crippen LogP contribution is -2.08. The quantitative estimate of drug-likeness (QED) is 0.482. The Morgan fingerprint density at radius 3 is 1.87 bits per heavy atom. The van der Waals surface area contributed by atoms with Crippen LogP contribution < -0.4 is 18.9 Å². The van der Waals surface area contributed by atoms with Crippen LogP contribution in [0.5, 0.6) is 23.0 Å². The average Bonchev–Trinajstić information content (AvgIpc) is 2.77. The largest absolute Gasteiger partial charge is 0.493 e. The number of rotatable bonds is 9. The predicted octanol–water partition coefficient (Wildman–Crippen LogP) is 2.21. The van der Waals surface area contributed by atoms with Gasteiger partial charge in [0.05, 0.1) is 47.5 Å². The lowest BCUT2D eigenvalue weighted by molar-refractivity contribution is -0.139. The van der Waals surface area contributed by atoms with Crippen molar-refractivity contribution in [3.8, 4) is 34.1 Å². The van der Waals surface area contributed by atoms with Gasteiger partial charge in [-0.2, -0.15) is 0 Å². The SMILES string of the molecule is COC(=O)Cc1cc(OC)c(OC)c(-c2cc(C(=O)OCO)cc(OC)c2OC)c1. The molecule has 2 aromatic rings. The van der Waals surface area contributed by atoms with Gasteiger partial charge in [0.1, 0.15) is 0 Å². The number of carbonyl (C=O) groups excluding carboxylic acids is 2. The number of aliphatic hydroxyl groups is 1. The third kappa shape index (κ3) is 4.74. The molecule has 0 heterocycles. The van der Waals surface area contributed by atoms with Crippen molar-refractivity contribution in [3.05, 3.63) is 35.4 Å². The maximum Gasteiger partial charge on any atom is 0.340 e. The zero-order valence-electron chi connectivity index (χ0n) is 17.4. The second-order valence-electron chi connectivity index (χ2n) is 5.95. The molecular formula is C21H24O9. The third-order valence-electron chi connectivity index (χ3n) is 4.32. The molecule has 0 amide bonds. The van der Waals surface area contributed by atoms with Crippen molar-refractivity contribution in [2.75, 3.05) is 42.3 Å². The van der Waals surface area contributed by atoms with E-state index in [1.54, 1.807) is 12.1 Å². The topological polar surface area (TPSA) is 110 Å². The van der Waals surface area contributed by atoms with Gasteiger partial charge in [0.2, 0.25) is 0 Å². The van der Waals surface area contributed by atoms with Gasteiger partial charge in [0, 0.05) is 11.1 Å². The minimum atomic E-state index is -0.770. The number of benzene rings is 2. The third-order valence-corrected chi connectivity index (χ3v) is 4.32. The Kier molecular flexibility index (Phi) is 7.88. The highest BCUT2D eigenvalue weighted by Gasteiger charge is 2.23. The van der Waals surface area contributed by atoms with Crippen molar-refractivity contribution in [3.63, 3.8) is 0 Å². The van der Waals surface area contributed by atoms with E-state index in [1.165, 1.54) is 47.7 Å².